The second kappa shape index (κ2) is 7.05. The van der Waals surface area contributed by atoms with Crippen LogP contribution in [0.4, 0.5) is 0 Å². The van der Waals surface area contributed by atoms with Crippen LogP contribution in [0, 0.1) is 13.8 Å². The minimum Gasteiger partial charge on any atom is -0.479 e. The molecule has 110 valence electrons. The van der Waals surface area contributed by atoms with E-state index in [1.165, 1.54) is 7.11 Å². The maximum Gasteiger partial charge on any atom is 0.330 e. The van der Waals surface area contributed by atoms with Crippen LogP contribution >= 0.6 is 0 Å². The fraction of sp³-hybridized carbons (Fsp3) is 0.467. The maximum absolute atomic E-state index is 12.0. The molecule has 2 N–H and O–H groups in total. The van der Waals surface area contributed by atoms with Gasteiger partial charge in [0, 0.05) is 7.11 Å². The first kappa shape index (κ1) is 16.2. The van der Waals surface area contributed by atoms with Gasteiger partial charge in [-0.25, -0.2) is 4.79 Å². The van der Waals surface area contributed by atoms with Gasteiger partial charge in [0.05, 0.1) is 0 Å². The average molecular weight is 279 g/mol. The van der Waals surface area contributed by atoms with Crippen LogP contribution in [0.5, 0.6) is 0 Å². The van der Waals surface area contributed by atoms with E-state index in [1.807, 2.05) is 19.9 Å². The molecule has 0 aromatic heterocycles. The number of ether oxygens (including phenoxy) is 1. The molecule has 0 heterocycles. The lowest BCUT2D eigenvalue weighted by Crippen LogP contribution is -2.41. The summed E-state index contributed by atoms with van der Waals surface area (Å²) in [7, 11) is 1.43. The Morgan fingerprint density at radius 3 is 2.50 bits per heavy atom. The van der Waals surface area contributed by atoms with Gasteiger partial charge in [-0.15, -0.1) is 0 Å². The molecule has 0 aliphatic heterocycles. The van der Waals surface area contributed by atoms with E-state index < -0.39 is 24.0 Å². The van der Waals surface area contributed by atoms with E-state index in [1.54, 1.807) is 19.1 Å². The van der Waals surface area contributed by atoms with Crippen LogP contribution in [-0.4, -0.2) is 30.2 Å². The van der Waals surface area contributed by atoms with E-state index in [9.17, 15) is 14.7 Å². The number of aliphatic carboxylic acids is 1. The van der Waals surface area contributed by atoms with Gasteiger partial charge >= 0.3 is 5.97 Å². The predicted octanol–water partition coefficient (Wildman–Crippen LogP) is 1.97. The summed E-state index contributed by atoms with van der Waals surface area (Å²) in [5.41, 5.74) is 2.45. The normalized spacial score (nSPS) is 13.6. The molecule has 1 aromatic rings. The molecule has 0 fully saturated rings. The summed E-state index contributed by atoms with van der Waals surface area (Å²) >= 11 is 0. The average Bonchev–Trinajstić information content (AvgIpc) is 2.40. The van der Waals surface area contributed by atoms with Crippen molar-refractivity contribution in [3.8, 4) is 0 Å². The van der Waals surface area contributed by atoms with Gasteiger partial charge in [0.2, 0.25) is 5.91 Å². The minimum absolute atomic E-state index is 0.414. The number of carboxylic acid groups (broad SMARTS) is 1. The van der Waals surface area contributed by atoms with Gasteiger partial charge < -0.3 is 15.2 Å². The largest absolute Gasteiger partial charge is 0.479 e. The monoisotopic (exact) mass is 279 g/mol. The zero-order valence-electron chi connectivity index (χ0n) is 12.3. The standard InChI is InChI=1S/C15H21NO4/c1-5-12(20-4)14(17)16-13(15(18)19)11-8-6-7-9(2)10(11)3/h6-8,12-13H,5H2,1-4H3,(H,16,17)(H,18,19). The molecular weight excluding hydrogens is 258 g/mol. The molecule has 1 rings (SSSR count). The molecule has 5 heteroatoms. The highest BCUT2D eigenvalue weighted by Crippen LogP contribution is 2.21. The molecule has 5 nitrogen and oxygen atoms in total. The van der Waals surface area contributed by atoms with Gasteiger partial charge in [0.1, 0.15) is 6.10 Å². The van der Waals surface area contributed by atoms with Crippen LogP contribution in [0.25, 0.3) is 0 Å². The van der Waals surface area contributed by atoms with E-state index in [0.29, 0.717) is 12.0 Å². The number of aryl methyl sites for hydroxylation is 1. The third-order valence-corrected chi connectivity index (χ3v) is 3.44. The van der Waals surface area contributed by atoms with Crippen molar-refractivity contribution in [1.82, 2.24) is 5.32 Å². The Morgan fingerprint density at radius 1 is 1.35 bits per heavy atom. The summed E-state index contributed by atoms with van der Waals surface area (Å²) in [5, 5.41) is 11.9. The third-order valence-electron chi connectivity index (χ3n) is 3.44. The number of carbonyl (C=O) groups is 2. The van der Waals surface area contributed by atoms with Gasteiger partial charge in [0.25, 0.3) is 0 Å². The van der Waals surface area contributed by atoms with E-state index >= 15 is 0 Å². The van der Waals surface area contributed by atoms with Gasteiger partial charge in [-0.1, -0.05) is 25.1 Å². The Bertz CT molecular complexity index is 495. The Labute approximate surface area is 118 Å². The van der Waals surface area contributed by atoms with E-state index in [0.717, 1.165) is 11.1 Å². The molecule has 2 unspecified atom stereocenters. The van der Waals surface area contributed by atoms with Crippen molar-refractivity contribution in [3.63, 3.8) is 0 Å². The van der Waals surface area contributed by atoms with Gasteiger partial charge in [-0.05, 0) is 37.0 Å². The highest BCUT2D eigenvalue weighted by Gasteiger charge is 2.27. The molecule has 0 saturated carbocycles. The van der Waals surface area contributed by atoms with Crippen molar-refractivity contribution < 1.29 is 19.4 Å². The molecule has 0 aliphatic carbocycles. The predicted molar refractivity (Wildman–Crippen MR) is 75.5 cm³/mol. The molecule has 0 saturated heterocycles. The second-order valence-corrected chi connectivity index (χ2v) is 4.70. The molecule has 2 atom stereocenters. The number of carbonyl (C=O) groups excluding carboxylic acids is 1. The molecular formula is C15H21NO4. The second-order valence-electron chi connectivity index (χ2n) is 4.70. The quantitative estimate of drug-likeness (QED) is 0.834. The number of hydrogen-bond acceptors (Lipinski definition) is 3. The van der Waals surface area contributed by atoms with Crippen molar-refractivity contribution in [2.24, 2.45) is 0 Å². The summed E-state index contributed by atoms with van der Waals surface area (Å²) in [4.78, 5) is 23.4. The van der Waals surface area contributed by atoms with Crippen molar-refractivity contribution >= 4 is 11.9 Å². The fourth-order valence-corrected chi connectivity index (χ4v) is 2.05. The van der Waals surface area contributed by atoms with Crippen molar-refractivity contribution in [1.29, 1.82) is 0 Å². The third kappa shape index (κ3) is 3.57. The topological polar surface area (TPSA) is 75.6 Å². The summed E-state index contributed by atoms with van der Waals surface area (Å²) in [6, 6.07) is 4.35. The Balaban J connectivity index is 3.04. The molecule has 0 aliphatic rings. The van der Waals surface area contributed by atoms with E-state index in [2.05, 4.69) is 5.32 Å². The molecule has 1 aromatic carbocycles. The smallest absolute Gasteiger partial charge is 0.330 e. The van der Waals surface area contributed by atoms with Crippen molar-refractivity contribution in [2.45, 2.75) is 39.3 Å². The highest BCUT2D eigenvalue weighted by molar-refractivity contribution is 5.87. The lowest BCUT2D eigenvalue weighted by Gasteiger charge is -2.20. The van der Waals surface area contributed by atoms with Gasteiger partial charge in [-0.2, -0.15) is 0 Å². The summed E-state index contributed by atoms with van der Waals surface area (Å²) in [5.74, 6) is -1.50. The minimum atomic E-state index is -1.09. The van der Waals surface area contributed by atoms with Crippen molar-refractivity contribution in [2.75, 3.05) is 7.11 Å². The van der Waals surface area contributed by atoms with Crippen LogP contribution in [-0.2, 0) is 14.3 Å². The van der Waals surface area contributed by atoms with Gasteiger partial charge in [0.15, 0.2) is 6.04 Å². The Morgan fingerprint density at radius 2 is 2.00 bits per heavy atom. The number of carboxylic acids is 1. The van der Waals surface area contributed by atoms with Crippen LogP contribution in [0.3, 0.4) is 0 Å². The lowest BCUT2D eigenvalue weighted by atomic mass is 9.97. The van der Waals surface area contributed by atoms with E-state index in [-0.39, 0.29) is 0 Å². The Kier molecular flexibility index (Phi) is 5.70. The number of hydrogen-bond donors (Lipinski definition) is 2. The number of benzene rings is 1. The zero-order valence-corrected chi connectivity index (χ0v) is 12.3. The summed E-state index contributed by atoms with van der Waals surface area (Å²) < 4.78 is 5.03. The molecule has 0 spiro atoms. The lowest BCUT2D eigenvalue weighted by molar-refractivity contribution is -0.144. The SMILES string of the molecule is CCC(OC)C(=O)NC(C(=O)O)c1cccc(C)c1C. The summed E-state index contributed by atoms with van der Waals surface area (Å²) in [6.07, 6.45) is -0.149. The molecule has 1 amide bonds. The first-order chi connectivity index (χ1) is 9.42. The van der Waals surface area contributed by atoms with Crippen LogP contribution in [0.1, 0.15) is 36.1 Å². The van der Waals surface area contributed by atoms with Gasteiger partial charge in [-0.3, -0.25) is 4.79 Å². The summed E-state index contributed by atoms with van der Waals surface area (Å²) in [6.45, 7) is 5.56. The first-order valence-corrected chi connectivity index (χ1v) is 6.54. The highest BCUT2D eigenvalue weighted by atomic mass is 16.5. The first-order valence-electron chi connectivity index (χ1n) is 6.54. The molecule has 0 bridgehead atoms. The van der Waals surface area contributed by atoms with E-state index in [4.69, 9.17) is 4.74 Å². The van der Waals surface area contributed by atoms with Crippen LogP contribution in [0.15, 0.2) is 18.2 Å². The molecule has 0 radical (unpaired) electrons. The fourth-order valence-electron chi connectivity index (χ4n) is 2.05. The number of amides is 1. The van der Waals surface area contributed by atoms with Crippen LogP contribution < -0.4 is 5.32 Å². The Hall–Kier alpha value is -1.88. The maximum atomic E-state index is 12.0. The number of nitrogens with one attached hydrogen (secondary N) is 1. The van der Waals surface area contributed by atoms with Crippen molar-refractivity contribution in [3.05, 3.63) is 34.9 Å². The number of rotatable bonds is 6. The zero-order chi connectivity index (χ0) is 15.3. The number of methoxy groups -OCH3 is 1. The molecule has 20 heavy (non-hydrogen) atoms. The van der Waals surface area contributed by atoms with Crippen LogP contribution in [0.2, 0.25) is 0 Å².